The third kappa shape index (κ3) is 1.78. The van der Waals surface area contributed by atoms with Crippen LogP contribution in [0, 0.1) is 6.92 Å². The molecule has 4 nitrogen and oxygen atoms in total. The number of nitrogens with one attached hydrogen (secondary N) is 1. The third-order valence-electron chi connectivity index (χ3n) is 2.40. The van der Waals surface area contributed by atoms with Gasteiger partial charge in [-0.1, -0.05) is 6.07 Å². The molecule has 0 atom stereocenters. The number of anilines is 1. The molecule has 0 saturated carbocycles. The molecule has 0 aliphatic rings. The van der Waals surface area contributed by atoms with Crippen LogP contribution in [0.2, 0.25) is 0 Å². The van der Waals surface area contributed by atoms with Crippen LogP contribution in [0.1, 0.15) is 5.56 Å². The number of rotatable bonds is 2. The molecular formula is C11H12BrN3O. The van der Waals surface area contributed by atoms with E-state index < -0.39 is 0 Å². The Morgan fingerprint density at radius 3 is 2.75 bits per heavy atom. The zero-order valence-electron chi connectivity index (χ0n) is 9.04. The number of H-pyrrole nitrogens is 1. The molecule has 5 heteroatoms. The summed E-state index contributed by atoms with van der Waals surface area (Å²) in [5.74, 6) is 1.26. The highest BCUT2D eigenvalue weighted by Gasteiger charge is 2.13. The number of hydrogen-bond acceptors (Lipinski definition) is 3. The Labute approximate surface area is 102 Å². The molecule has 0 bridgehead atoms. The Morgan fingerprint density at radius 1 is 1.44 bits per heavy atom. The van der Waals surface area contributed by atoms with Crippen molar-refractivity contribution in [3.8, 4) is 17.0 Å². The van der Waals surface area contributed by atoms with Crippen LogP contribution in [0.25, 0.3) is 11.3 Å². The monoisotopic (exact) mass is 281 g/mol. The summed E-state index contributed by atoms with van der Waals surface area (Å²) in [4.78, 5) is 0. The molecule has 0 unspecified atom stereocenters. The molecule has 84 valence electrons. The number of nitrogens with two attached hydrogens (primary N) is 1. The minimum Gasteiger partial charge on any atom is -0.496 e. The van der Waals surface area contributed by atoms with Crippen molar-refractivity contribution in [2.24, 2.45) is 0 Å². The van der Waals surface area contributed by atoms with Crippen LogP contribution < -0.4 is 10.5 Å². The molecule has 16 heavy (non-hydrogen) atoms. The smallest absolute Gasteiger partial charge is 0.145 e. The van der Waals surface area contributed by atoms with Crippen LogP contribution in [-0.4, -0.2) is 17.3 Å². The number of aromatic amines is 1. The molecule has 2 aromatic rings. The van der Waals surface area contributed by atoms with Crippen molar-refractivity contribution in [1.82, 2.24) is 10.2 Å². The van der Waals surface area contributed by atoms with Gasteiger partial charge in [-0.05, 0) is 34.5 Å². The second kappa shape index (κ2) is 4.17. The van der Waals surface area contributed by atoms with Crippen molar-refractivity contribution >= 4 is 21.7 Å². The van der Waals surface area contributed by atoms with Crippen LogP contribution in [0.5, 0.6) is 5.75 Å². The van der Waals surface area contributed by atoms with Crippen LogP contribution in [0.3, 0.4) is 0 Å². The number of nitrogens with zero attached hydrogens (tertiary/aromatic N) is 1. The predicted molar refractivity (Wildman–Crippen MR) is 67.4 cm³/mol. The summed E-state index contributed by atoms with van der Waals surface area (Å²) in [5, 5.41) is 6.82. The van der Waals surface area contributed by atoms with Crippen molar-refractivity contribution in [3.63, 3.8) is 0 Å². The summed E-state index contributed by atoms with van der Waals surface area (Å²) in [6.07, 6.45) is 0. The van der Waals surface area contributed by atoms with Gasteiger partial charge in [0.05, 0.1) is 17.3 Å². The first-order valence-electron chi connectivity index (χ1n) is 4.78. The maximum atomic E-state index is 5.60. The standard InChI is InChI=1S/C11H12BrN3O/c1-6-3-4-8(16-2)11(12)10(6)7-5-9(13)15-14-7/h3-5H,1-2H3,(H3,13,14,15). The first kappa shape index (κ1) is 11.0. The fourth-order valence-electron chi connectivity index (χ4n) is 1.61. The van der Waals surface area contributed by atoms with Gasteiger partial charge in [-0.25, -0.2) is 0 Å². The lowest BCUT2D eigenvalue weighted by molar-refractivity contribution is 0.412. The van der Waals surface area contributed by atoms with Gasteiger partial charge < -0.3 is 10.5 Å². The van der Waals surface area contributed by atoms with Gasteiger partial charge in [-0.2, -0.15) is 5.10 Å². The summed E-state index contributed by atoms with van der Waals surface area (Å²) in [5.41, 5.74) is 8.61. The average molecular weight is 282 g/mol. The second-order valence-electron chi connectivity index (χ2n) is 3.48. The number of hydrogen-bond donors (Lipinski definition) is 2. The molecule has 0 fully saturated rings. The van der Waals surface area contributed by atoms with Gasteiger partial charge in [0.25, 0.3) is 0 Å². The Hall–Kier alpha value is -1.49. The quantitative estimate of drug-likeness (QED) is 0.890. The van der Waals surface area contributed by atoms with Gasteiger partial charge in [-0.3, -0.25) is 5.10 Å². The molecule has 3 N–H and O–H groups in total. The first-order chi connectivity index (χ1) is 7.63. The van der Waals surface area contributed by atoms with E-state index in [9.17, 15) is 0 Å². The van der Waals surface area contributed by atoms with E-state index in [1.807, 2.05) is 19.1 Å². The Kier molecular flexibility index (Phi) is 2.87. The van der Waals surface area contributed by atoms with Crippen molar-refractivity contribution in [2.45, 2.75) is 6.92 Å². The predicted octanol–water partition coefficient (Wildman–Crippen LogP) is 2.74. The second-order valence-corrected chi connectivity index (χ2v) is 4.27. The maximum Gasteiger partial charge on any atom is 0.145 e. The van der Waals surface area contributed by atoms with E-state index in [1.165, 1.54) is 0 Å². The van der Waals surface area contributed by atoms with Crippen molar-refractivity contribution in [3.05, 3.63) is 28.2 Å². The molecule has 2 rings (SSSR count). The van der Waals surface area contributed by atoms with Crippen LogP contribution in [-0.2, 0) is 0 Å². The SMILES string of the molecule is COc1ccc(C)c(-c2cc(N)n[nH]2)c1Br. The summed E-state index contributed by atoms with van der Waals surface area (Å²) in [6, 6.07) is 5.71. The average Bonchev–Trinajstić information content (AvgIpc) is 2.65. The van der Waals surface area contributed by atoms with E-state index in [4.69, 9.17) is 10.5 Å². The fourth-order valence-corrected chi connectivity index (χ4v) is 2.43. The van der Waals surface area contributed by atoms with E-state index >= 15 is 0 Å². The number of aryl methyl sites for hydroxylation is 1. The zero-order valence-corrected chi connectivity index (χ0v) is 10.6. The number of nitrogen functional groups attached to an aromatic ring is 1. The summed E-state index contributed by atoms with van der Waals surface area (Å²) in [6.45, 7) is 2.02. The Morgan fingerprint density at radius 2 is 2.19 bits per heavy atom. The van der Waals surface area contributed by atoms with E-state index in [-0.39, 0.29) is 0 Å². The molecule has 1 aromatic carbocycles. The van der Waals surface area contributed by atoms with Gasteiger partial charge in [0, 0.05) is 11.6 Å². The molecule has 0 aliphatic heterocycles. The molecular weight excluding hydrogens is 270 g/mol. The zero-order chi connectivity index (χ0) is 11.7. The van der Waals surface area contributed by atoms with Crippen LogP contribution in [0.4, 0.5) is 5.82 Å². The van der Waals surface area contributed by atoms with Crippen molar-refractivity contribution < 1.29 is 4.74 Å². The number of benzene rings is 1. The van der Waals surface area contributed by atoms with Gasteiger partial charge in [0.1, 0.15) is 11.6 Å². The molecule has 0 saturated heterocycles. The molecule has 0 spiro atoms. The normalized spacial score (nSPS) is 10.4. The maximum absolute atomic E-state index is 5.60. The number of aromatic nitrogens is 2. The van der Waals surface area contributed by atoms with Crippen molar-refractivity contribution in [2.75, 3.05) is 12.8 Å². The third-order valence-corrected chi connectivity index (χ3v) is 3.19. The van der Waals surface area contributed by atoms with Gasteiger partial charge in [0.2, 0.25) is 0 Å². The van der Waals surface area contributed by atoms with Gasteiger partial charge in [-0.15, -0.1) is 0 Å². The van der Waals surface area contributed by atoms with Gasteiger partial charge in [0.15, 0.2) is 0 Å². The molecule has 0 amide bonds. The minimum atomic E-state index is 0.476. The highest BCUT2D eigenvalue weighted by atomic mass is 79.9. The molecule has 0 aliphatic carbocycles. The van der Waals surface area contributed by atoms with Crippen LogP contribution in [0.15, 0.2) is 22.7 Å². The lowest BCUT2D eigenvalue weighted by atomic mass is 10.1. The van der Waals surface area contributed by atoms with E-state index in [0.29, 0.717) is 5.82 Å². The highest BCUT2D eigenvalue weighted by Crippen LogP contribution is 2.37. The van der Waals surface area contributed by atoms with Gasteiger partial charge >= 0.3 is 0 Å². The largest absolute Gasteiger partial charge is 0.496 e. The van der Waals surface area contributed by atoms with Crippen molar-refractivity contribution in [1.29, 1.82) is 0 Å². The van der Waals surface area contributed by atoms with E-state index in [2.05, 4.69) is 26.1 Å². The topological polar surface area (TPSA) is 63.9 Å². The summed E-state index contributed by atoms with van der Waals surface area (Å²) >= 11 is 3.52. The number of ether oxygens (including phenoxy) is 1. The fraction of sp³-hybridized carbons (Fsp3) is 0.182. The van der Waals surface area contributed by atoms with E-state index in [0.717, 1.165) is 27.0 Å². The lowest BCUT2D eigenvalue weighted by Gasteiger charge is -2.10. The highest BCUT2D eigenvalue weighted by molar-refractivity contribution is 9.10. The minimum absolute atomic E-state index is 0.476. The Balaban J connectivity index is 2.63. The summed E-state index contributed by atoms with van der Waals surface area (Å²) in [7, 11) is 1.64. The summed E-state index contributed by atoms with van der Waals surface area (Å²) < 4.78 is 6.16. The van der Waals surface area contributed by atoms with E-state index in [1.54, 1.807) is 13.2 Å². The first-order valence-corrected chi connectivity index (χ1v) is 5.57. The molecule has 1 heterocycles. The lowest BCUT2D eigenvalue weighted by Crippen LogP contribution is -1.90. The van der Waals surface area contributed by atoms with Crippen LogP contribution >= 0.6 is 15.9 Å². The molecule has 0 radical (unpaired) electrons. The number of methoxy groups -OCH3 is 1. The Bertz CT molecular complexity index is 522. The molecule has 1 aromatic heterocycles. The number of halogens is 1.